The highest BCUT2D eigenvalue weighted by Gasteiger charge is 2.02. The number of thioether (sulfide) groups is 1. The van der Waals surface area contributed by atoms with E-state index in [2.05, 4.69) is 36.1 Å². The number of rotatable bonds is 5. The minimum absolute atomic E-state index is 0.0686. The van der Waals surface area contributed by atoms with Gasteiger partial charge in [-0.05, 0) is 25.4 Å². The van der Waals surface area contributed by atoms with Crippen molar-refractivity contribution in [3.63, 3.8) is 0 Å². The van der Waals surface area contributed by atoms with Gasteiger partial charge in [0, 0.05) is 23.7 Å². The molecular formula is C12H17NOS2. The minimum atomic E-state index is -0.0686. The highest BCUT2D eigenvalue weighted by atomic mass is 32.2. The normalized spacial score (nSPS) is 10.2. The molecule has 0 aliphatic rings. The number of nitrogens with zero attached hydrogens (tertiary/aromatic N) is 1. The Labute approximate surface area is 106 Å². The van der Waals surface area contributed by atoms with Crippen molar-refractivity contribution in [2.24, 2.45) is 0 Å². The van der Waals surface area contributed by atoms with Crippen molar-refractivity contribution in [2.45, 2.75) is 6.54 Å². The zero-order chi connectivity index (χ0) is 11.8. The summed E-state index contributed by atoms with van der Waals surface area (Å²) in [5.74, 6) is 6.76. The average molecular weight is 255 g/mol. The van der Waals surface area contributed by atoms with E-state index in [4.69, 9.17) is 5.11 Å². The smallest absolute Gasteiger partial charge is 0.104 e. The molecule has 0 spiro atoms. The fourth-order valence-corrected chi connectivity index (χ4v) is 2.71. The van der Waals surface area contributed by atoms with Gasteiger partial charge in [-0.15, -0.1) is 11.3 Å². The summed E-state index contributed by atoms with van der Waals surface area (Å²) in [6, 6.07) is 4.13. The highest BCUT2D eigenvalue weighted by molar-refractivity contribution is 7.98. The van der Waals surface area contributed by atoms with Gasteiger partial charge >= 0.3 is 0 Å². The molecule has 16 heavy (non-hydrogen) atoms. The second-order valence-electron chi connectivity index (χ2n) is 3.46. The van der Waals surface area contributed by atoms with E-state index in [0.29, 0.717) is 0 Å². The lowest BCUT2D eigenvalue weighted by atomic mass is 10.4. The van der Waals surface area contributed by atoms with Crippen LogP contribution in [0, 0.1) is 11.8 Å². The van der Waals surface area contributed by atoms with Crippen LogP contribution in [0.2, 0.25) is 0 Å². The third kappa shape index (κ3) is 5.04. The fourth-order valence-electron chi connectivity index (χ4n) is 1.25. The molecule has 1 N–H and O–H groups in total. The van der Waals surface area contributed by atoms with Crippen molar-refractivity contribution in [3.05, 3.63) is 21.9 Å². The molecular weight excluding hydrogens is 238 g/mol. The fraction of sp³-hybridized carbons (Fsp3) is 0.500. The molecule has 0 atom stereocenters. The second-order valence-corrected chi connectivity index (χ2v) is 5.61. The number of thiophene rings is 1. The Morgan fingerprint density at radius 3 is 3.00 bits per heavy atom. The summed E-state index contributed by atoms with van der Waals surface area (Å²) in [6.45, 7) is 2.02. The van der Waals surface area contributed by atoms with Crippen LogP contribution < -0.4 is 0 Å². The Bertz CT molecular complexity index is 365. The summed E-state index contributed by atoms with van der Waals surface area (Å²) in [5, 5.41) is 8.60. The molecule has 0 aliphatic carbocycles. The van der Waals surface area contributed by atoms with Gasteiger partial charge in [0.15, 0.2) is 0 Å². The standard InChI is InChI=1S/C12H17NOS2/c1-13(7-9-15-2)10-12-6-5-11(16-12)4-3-8-14/h5-6,14H,7-10H2,1-2H3. The summed E-state index contributed by atoms with van der Waals surface area (Å²) in [6.07, 6.45) is 2.13. The zero-order valence-corrected chi connectivity index (χ0v) is 11.3. The Balaban J connectivity index is 2.45. The number of hydrogen-bond acceptors (Lipinski definition) is 4. The molecule has 0 aliphatic heterocycles. The lowest BCUT2D eigenvalue weighted by Crippen LogP contribution is -2.19. The van der Waals surface area contributed by atoms with Gasteiger partial charge < -0.3 is 10.0 Å². The molecule has 0 saturated carbocycles. The Kier molecular flexibility index (Phi) is 6.58. The Morgan fingerprint density at radius 1 is 1.50 bits per heavy atom. The maximum absolute atomic E-state index is 8.60. The van der Waals surface area contributed by atoms with Crippen LogP contribution >= 0.6 is 23.1 Å². The summed E-state index contributed by atoms with van der Waals surface area (Å²) >= 11 is 3.57. The van der Waals surface area contributed by atoms with Crippen LogP contribution in [0.3, 0.4) is 0 Å². The predicted octanol–water partition coefficient (Wildman–Crippen LogP) is 1.89. The monoisotopic (exact) mass is 255 g/mol. The van der Waals surface area contributed by atoms with Gasteiger partial charge in [-0.3, -0.25) is 0 Å². The first-order valence-electron chi connectivity index (χ1n) is 5.12. The van der Waals surface area contributed by atoms with Gasteiger partial charge in [-0.2, -0.15) is 11.8 Å². The SMILES string of the molecule is CSCCN(C)Cc1ccc(C#CCO)s1. The minimum Gasteiger partial charge on any atom is -0.384 e. The lowest BCUT2D eigenvalue weighted by molar-refractivity contribution is 0.350. The first-order chi connectivity index (χ1) is 7.76. The van der Waals surface area contributed by atoms with E-state index in [1.54, 1.807) is 11.3 Å². The van der Waals surface area contributed by atoms with Crippen molar-refractivity contribution in [1.29, 1.82) is 0 Å². The second kappa shape index (κ2) is 7.75. The molecule has 4 heteroatoms. The van der Waals surface area contributed by atoms with Crippen molar-refractivity contribution in [3.8, 4) is 11.8 Å². The Hall–Kier alpha value is -0.470. The Morgan fingerprint density at radius 2 is 2.31 bits per heavy atom. The van der Waals surface area contributed by atoms with Crippen LogP contribution in [0.15, 0.2) is 12.1 Å². The largest absolute Gasteiger partial charge is 0.384 e. The van der Waals surface area contributed by atoms with E-state index in [0.717, 1.165) is 18.0 Å². The molecule has 2 nitrogen and oxygen atoms in total. The van der Waals surface area contributed by atoms with Gasteiger partial charge in [0.2, 0.25) is 0 Å². The quantitative estimate of drug-likeness (QED) is 0.813. The van der Waals surface area contributed by atoms with E-state index in [1.165, 1.54) is 10.6 Å². The molecule has 88 valence electrons. The number of aliphatic hydroxyl groups is 1. The molecule has 0 unspecified atom stereocenters. The van der Waals surface area contributed by atoms with E-state index in [9.17, 15) is 0 Å². The van der Waals surface area contributed by atoms with Crippen molar-refractivity contribution in [2.75, 3.05) is 32.2 Å². The van der Waals surface area contributed by atoms with Crippen LogP contribution in [0.5, 0.6) is 0 Å². The van der Waals surface area contributed by atoms with Crippen molar-refractivity contribution >= 4 is 23.1 Å². The van der Waals surface area contributed by atoms with Crippen molar-refractivity contribution < 1.29 is 5.11 Å². The molecule has 0 fully saturated rings. The first-order valence-corrected chi connectivity index (χ1v) is 7.33. The number of aliphatic hydroxyl groups excluding tert-OH is 1. The van der Waals surface area contributed by atoms with Crippen LogP contribution in [-0.2, 0) is 6.54 Å². The van der Waals surface area contributed by atoms with E-state index >= 15 is 0 Å². The van der Waals surface area contributed by atoms with Crippen LogP contribution in [0.4, 0.5) is 0 Å². The van der Waals surface area contributed by atoms with Gasteiger partial charge in [0.25, 0.3) is 0 Å². The van der Waals surface area contributed by atoms with Gasteiger partial charge in [0.1, 0.15) is 6.61 Å². The molecule has 0 aromatic carbocycles. The molecule has 0 radical (unpaired) electrons. The topological polar surface area (TPSA) is 23.5 Å². The third-order valence-corrected chi connectivity index (χ3v) is 3.63. The average Bonchev–Trinajstić information content (AvgIpc) is 2.71. The van der Waals surface area contributed by atoms with Gasteiger partial charge in [0.05, 0.1) is 4.88 Å². The third-order valence-electron chi connectivity index (χ3n) is 2.06. The summed E-state index contributed by atoms with van der Waals surface area (Å²) in [4.78, 5) is 4.67. The molecule has 0 saturated heterocycles. The highest BCUT2D eigenvalue weighted by Crippen LogP contribution is 2.16. The lowest BCUT2D eigenvalue weighted by Gasteiger charge is -2.14. The predicted molar refractivity (Wildman–Crippen MR) is 73.0 cm³/mol. The zero-order valence-electron chi connectivity index (χ0n) is 9.69. The van der Waals surface area contributed by atoms with Crippen LogP contribution in [0.1, 0.15) is 9.75 Å². The van der Waals surface area contributed by atoms with Crippen LogP contribution in [-0.4, -0.2) is 42.2 Å². The maximum Gasteiger partial charge on any atom is 0.104 e. The van der Waals surface area contributed by atoms with Crippen molar-refractivity contribution in [1.82, 2.24) is 4.90 Å². The molecule has 1 rings (SSSR count). The summed E-state index contributed by atoms with van der Waals surface area (Å²) in [5.41, 5.74) is 0. The van der Waals surface area contributed by atoms with Gasteiger partial charge in [-0.1, -0.05) is 11.8 Å². The van der Waals surface area contributed by atoms with E-state index < -0.39 is 0 Å². The molecule has 1 aromatic rings. The summed E-state index contributed by atoms with van der Waals surface area (Å²) in [7, 11) is 2.13. The molecule has 0 amide bonds. The van der Waals surface area contributed by atoms with Crippen LogP contribution in [0.25, 0.3) is 0 Å². The number of hydrogen-bond donors (Lipinski definition) is 1. The first kappa shape index (κ1) is 13.6. The summed E-state index contributed by atoms with van der Waals surface area (Å²) < 4.78 is 0. The van der Waals surface area contributed by atoms with Gasteiger partial charge in [-0.25, -0.2) is 0 Å². The molecule has 1 aromatic heterocycles. The van der Waals surface area contributed by atoms with E-state index in [1.807, 2.05) is 17.8 Å². The van der Waals surface area contributed by atoms with E-state index in [-0.39, 0.29) is 6.61 Å². The molecule has 1 heterocycles. The molecule has 0 bridgehead atoms. The maximum atomic E-state index is 8.60.